The second-order valence-corrected chi connectivity index (χ2v) is 8.71. The van der Waals surface area contributed by atoms with E-state index in [1.807, 2.05) is 0 Å². The molecule has 8 heteroatoms. The van der Waals surface area contributed by atoms with Gasteiger partial charge >= 0.3 is 0 Å². The Hall–Kier alpha value is -1.60. The fourth-order valence-corrected chi connectivity index (χ4v) is 3.61. The summed E-state index contributed by atoms with van der Waals surface area (Å²) < 4.78 is 25.5. The van der Waals surface area contributed by atoms with E-state index in [0.717, 1.165) is 9.87 Å². The third-order valence-corrected chi connectivity index (χ3v) is 6.03. The zero-order valence-electron chi connectivity index (χ0n) is 14.0. The van der Waals surface area contributed by atoms with Crippen LogP contribution >= 0.6 is 23.2 Å². The van der Waals surface area contributed by atoms with Crippen molar-refractivity contribution in [1.82, 2.24) is 9.21 Å². The summed E-state index contributed by atoms with van der Waals surface area (Å²) in [5.74, 6) is -0.304. The van der Waals surface area contributed by atoms with E-state index in [1.165, 1.54) is 31.1 Å². The Kier molecular flexibility index (Phi) is 6.11. The highest BCUT2D eigenvalue weighted by atomic mass is 35.5. The smallest absolute Gasteiger partial charge is 0.253 e. The fourth-order valence-electron chi connectivity index (χ4n) is 2.20. The number of halogens is 2. The van der Waals surface area contributed by atoms with Crippen molar-refractivity contribution >= 4 is 39.1 Å². The van der Waals surface area contributed by atoms with Gasteiger partial charge < -0.3 is 4.90 Å². The van der Waals surface area contributed by atoms with Crippen LogP contribution in [-0.4, -0.2) is 44.7 Å². The lowest BCUT2D eigenvalue weighted by Crippen LogP contribution is -2.27. The van der Waals surface area contributed by atoms with Gasteiger partial charge in [0.2, 0.25) is 10.0 Å². The van der Waals surface area contributed by atoms with E-state index in [1.54, 1.807) is 37.4 Å². The molecule has 0 spiro atoms. The molecule has 0 saturated carbocycles. The van der Waals surface area contributed by atoms with E-state index in [9.17, 15) is 13.2 Å². The minimum atomic E-state index is -3.60. The molecule has 0 atom stereocenters. The van der Waals surface area contributed by atoms with Gasteiger partial charge in [-0.1, -0.05) is 35.3 Å². The van der Waals surface area contributed by atoms with Crippen LogP contribution in [0.3, 0.4) is 0 Å². The van der Waals surface area contributed by atoms with E-state index < -0.39 is 10.0 Å². The molecule has 1 amide bonds. The van der Waals surface area contributed by atoms with Crippen LogP contribution in [0.2, 0.25) is 10.0 Å². The second-order valence-electron chi connectivity index (χ2n) is 5.71. The number of carbonyl (C=O) groups excluding carboxylic acids is 1. The number of benzene rings is 2. The molecule has 0 saturated heterocycles. The first kappa shape index (κ1) is 19.7. The number of carbonyl (C=O) groups is 1. The molecule has 2 aromatic carbocycles. The lowest BCUT2D eigenvalue weighted by Gasteiger charge is -2.19. The Morgan fingerprint density at radius 1 is 1.04 bits per heavy atom. The lowest BCUT2D eigenvalue weighted by molar-refractivity contribution is 0.0785. The van der Waals surface area contributed by atoms with Gasteiger partial charge in [-0.25, -0.2) is 12.7 Å². The average Bonchev–Trinajstić information content (AvgIpc) is 2.56. The van der Waals surface area contributed by atoms with Gasteiger partial charge in [-0.05, 0) is 35.9 Å². The van der Waals surface area contributed by atoms with Gasteiger partial charge in [0, 0.05) is 43.3 Å². The van der Waals surface area contributed by atoms with Crippen LogP contribution in [0.25, 0.3) is 0 Å². The van der Waals surface area contributed by atoms with Crippen molar-refractivity contribution in [2.75, 3.05) is 21.1 Å². The number of sulfonamides is 1. The standard InChI is InChI=1S/C17H18Cl2N2O3S/c1-20(2)25(23,24)15-6-4-5-12(9-15)17(22)21(3)11-13-7-8-14(18)10-16(13)19/h4-10H,11H2,1-3H3. The molecule has 134 valence electrons. The maximum absolute atomic E-state index is 12.6. The summed E-state index contributed by atoms with van der Waals surface area (Å²) in [6, 6.07) is 11.0. The first-order chi connectivity index (χ1) is 11.6. The Balaban J connectivity index is 2.25. The molecular weight excluding hydrogens is 383 g/mol. The molecule has 2 rings (SSSR count). The summed E-state index contributed by atoms with van der Waals surface area (Å²) in [7, 11) is 0.909. The lowest BCUT2D eigenvalue weighted by atomic mass is 10.1. The van der Waals surface area contributed by atoms with E-state index in [-0.39, 0.29) is 22.9 Å². The van der Waals surface area contributed by atoms with Crippen LogP contribution in [0, 0.1) is 0 Å². The summed E-state index contributed by atoms with van der Waals surface area (Å²) >= 11 is 12.0. The molecule has 0 N–H and O–H groups in total. The molecule has 2 aromatic rings. The first-order valence-electron chi connectivity index (χ1n) is 7.35. The molecule has 0 radical (unpaired) electrons. The first-order valence-corrected chi connectivity index (χ1v) is 9.54. The highest BCUT2D eigenvalue weighted by molar-refractivity contribution is 7.89. The molecule has 0 unspecified atom stereocenters. The van der Waals surface area contributed by atoms with Gasteiger partial charge in [0.25, 0.3) is 5.91 Å². The van der Waals surface area contributed by atoms with Crippen LogP contribution in [0.15, 0.2) is 47.4 Å². The van der Waals surface area contributed by atoms with Crippen LogP contribution in [0.4, 0.5) is 0 Å². The van der Waals surface area contributed by atoms with Crippen molar-refractivity contribution in [3.63, 3.8) is 0 Å². The molecule has 0 aliphatic carbocycles. The topological polar surface area (TPSA) is 57.7 Å². The summed E-state index contributed by atoms with van der Waals surface area (Å²) in [6.07, 6.45) is 0. The van der Waals surface area contributed by atoms with Gasteiger partial charge in [-0.2, -0.15) is 0 Å². The minimum absolute atomic E-state index is 0.0706. The molecule has 0 aliphatic heterocycles. The number of hydrogen-bond donors (Lipinski definition) is 0. The highest BCUT2D eigenvalue weighted by Crippen LogP contribution is 2.23. The number of nitrogens with zero attached hydrogens (tertiary/aromatic N) is 2. The Labute approximate surface area is 157 Å². The normalized spacial score (nSPS) is 11.6. The van der Waals surface area contributed by atoms with Gasteiger partial charge in [-0.15, -0.1) is 0 Å². The van der Waals surface area contributed by atoms with Crippen molar-refractivity contribution in [1.29, 1.82) is 0 Å². The van der Waals surface area contributed by atoms with Crippen molar-refractivity contribution in [3.05, 3.63) is 63.6 Å². The predicted molar refractivity (Wildman–Crippen MR) is 99.6 cm³/mol. The fraction of sp³-hybridized carbons (Fsp3) is 0.235. The van der Waals surface area contributed by atoms with Crippen LogP contribution < -0.4 is 0 Å². The van der Waals surface area contributed by atoms with E-state index in [4.69, 9.17) is 23.2 Å². The quantitative estimate of drug-likeness (QED) is 0.771. The Morgan fingerprint density at radius 3 is 2.32 bits per heavy atom. The zero-order chi connectivity index (χ0) is 18.8. The third-order valence-electron chi connectivity index (χ3n) is 3.63. The summed E-state index contributed by atoms with van der Waals surface area (Å²) in [5.41, 5.74) is 1.04. The van der Waals surface area contributed by atoms with Crippen LogP contribution in [0.1, 0.15) is 15.9 Å². The van der Waals surface area contributed by atoms with Gasteiger partial charge in [0.1, 0.15) is 0 Å². The number of rotatable bonds is 5. The Morgan fingerprint density at radius 2 is 1.72 bits per heavy atom. The summed E-state index contributed by atoms with van der Waals surface area (Å²) in [5, 5.41) is 0.986. The van der Waals surface area contributed by atoms with E-state index in [0.29, 0.717) is 10.0 Å². The van der Waals surface area contributed by atoms with Gasteiger partial charge in [0.15, 0.2) is 0 Å². The second kappa shape index (κ2) is 7.74. The molecule has 0 aromatic heterocycles. The minimum Gasteiger partial charge on any atom is -0.337 e. The molecular formula is C17H18Cl2N2O3S. The monoisotopic (exact) mass is 400 g/mol. The Bertz CT molecular complexity index is 899. The van der Waals surface area contributed by atoms with Crippen molar-refractivity contribution in [2.45, 2.75) is 11.4 Å². The molecule has 0 heterocycles. The zero-order valence-corrected chi connectivity index (χ0v) is 16.4. The van der Waals surface area contributed by atoms with Gasteiger partial charge in [0.05, 0.1) is 4.90 Å². The number of hydrogen-bond acceptors (Lipinski definition) is 3. The molecule has 5 nitrogen and oxygen atoms in total. The summed E-state index contributed by atoms with van der Waals surface area (Å²) in [4.78, 5) is 14.2. The van der Waals surface area contributed by atoms with Crippen LogP contribution in [-0.2, 0) is 16.6 Å². The maximum Gasteiger partial charge on any atom is 0.253 e. The van der Waals surface area contributed by atoms with E-state index >= 15 is 0 Å². The summed E-state index contributed by atoms with van der Waals surface area (Å²) in [6.45, 7) is 0.277. The van der Waals surface area contributed by atoms with Crippen molar-refractivity contribution < 1.29 is 13.2 Å². The molecule has 0 aliphatic rings. The van der Waals surface area contributed by atoms with Crippen LogP contribution in [0.5, 0.6) is 0 Å². The third kappa shape index (κ3) is 4.52. The van der Waals surface area contributed by atoms with E-state index in [2.05, 4.69) is 0 Å². The molecule has 0 bridgehead atoms. The average molecular weight is 401 g/mol. The molecule has 25 heavy (non-hydrogen) atoms. The van der Waals surface area contributed by atoms with Crippen molar-refractivity contribution in [2.24, 2.45) is 0 Å². The highest BCUT2D eigenvalue weighted by Gasteiger charge is 2.20. The molecule has 0 fully saturated rings. The maximum atomic E-state index is 12.6. The SMILES string of the molecule is CN(Cc1ccc(Cl)cc1Cl)C(=O)c1cccc(S(=O)(=O)N(C)C)c1. The van der Waals surface area contributed by atoms with Gasteiger partial charge in [-0.3, -0.25) is 4.79 Å². The predicted octanol–water partition coefficient (Wildman–Crippen LogP) is 3.52. The largest absolute Gasteiger partial charge is 0.337 e. The van der Waals surface area contributed by atoms with Crippen molar-refractivity contribution in [3.8, 4) is 0 Å². The number of amides is 1.